The number of hydrogen-bond donors (Lipinski definition) is 3. The lowest BCUT2D eigenvalue weighted by Crippen LogP contribution is -2.46. The van der Waals surface area contributed by atoms with E-state index in [0.717, 1.165) is 10.5 Å². The number of likely N-dealkylation sites (tertiary alicyclic amines) is 1. The van der Waals surface area contributed by atoms with Crippen LogP contribution in [-0.2, 0) is 0 Å². The highest BCUT2D eigenvalue weighted by atomic mass is 19.3. The Morgan fingerprint density at radius 1 is 1.35 bits per heavy atom. The molecule has 0 aliphatic carbocycles. The van der Waals surface area contributed by atoms with Gasteiger partial charge in [-0.05, 0) is 18.4 Å². The van der Waals surface area contributed by atoms with Gasteiger partial charge in [-0.1, -0.05) is 30.3 Å². The van der Waals surface area contributed by atoms with Gasteiger partial charge in [-0.25, -0.2) is 13.6 Å². The summed E-state index contributed by atoms with van der Waals surface area (Å²) in [6.45, 7) is -1.19. The first-order valence-electron chi connectivity index (χ1n) is 7.68. The molecule has 1 aromatic rings. The number of amides is 2. The summed E-state index contributed by atoms with van der Waals surface area (Å²) in [5.74, 6) is -2.97. The molecular weight excluding hydrogens is 306 g/mol. The number of carbonyl (C=O) groups excluding carboxylic acids is 1. The Bertz CT molecular complexity index is 513. The first-order valence-corrected chi connectivity index (χ1v) is 7.68. The zero-order valence-electron chi connectivity index (χ0n) is 12.8. The normalized spacial score (nSPS) is 21.2. The molecule has 23 heavy (non-hydrogen) atoms. The predicted molar refractivity (Wildman–Crippen MR) is 81.2 cm³/mol. The van der Waals surface area contributed by atoms with Gasteiger partial charge < -0.3 is 20.4 Å². The van der Waals surface area contributed by atoms with Crippen molar-refractivity contribution in [1.29, 1.82) is 0 Å². The Labute approximate surface area is 133 Å². The fraction of sp³-hybridized carbons (Fsp3) is 0.562. The molecule has 0 spiro atoms. The van der Waals surface area contributed by atoms with Crippen LogP contribution in [0.5, 0.6) is 0 Å². The SMILES string of the molecule is O=C(NC(CCCO)c1ccccc1)N1CC(F)(F)CC1CO. The largest absolute Gasteiger partial charge is 0.396 e. The summed E-state index contributed by atoms with van der Waals surface area (Å²) in [5, 5.41) is 21.0. The molecule has 1 aliphatic heterocycles. The third-order valence-corrected chi connectivity index (χ3v) is 4.00. The van der Waals surface area contributed by atoms with E-state index >= 15 is 0 Å². The van der Waals surface area contributed by atoms with Gasteiger partial charge in [-0.3, -0.25) is 0 Å². The van der Waals surface area contributed by atoms with Crippen LogP contribution in [0.1, 0.15) is 30.9 Å². The highest BCUT2D eigenvalue weighted by molar-refractivity contribution is 5.75. The van der Waals surface area contributed by atoms with Gasteiger partial charge in [-0.2, -0.15) is 0 Å². The molecule has 2 rings (SSSR count). The van der Waals surface area contributed by atoms with Gasteiger partial charge in [0.25, 0.3) is 5.92 Å². The smallest absolute Gasteiger partial charge is 0.318 e. The van der Waals surface area contributed by atoms with Crippen LogP contribution in [0.15, 0.2) is 30.3 Å². The molecule has 0 saturated carbocycles. The van der Waals surface area contributed by atoms with Crippen LogP contribution >= 0.6 is 0 Å². The minimum Gasteiger partial charge on any atom is -0.396 e. The van der Waals surface area contributed by atoms with Crippen molar-refractivity contribution in [2.75, 3.05) is 19.8 Å². The van der Waals surface area contributed by atoms with Gasteiger partial charge in [0, 0.05) is 13.0 Å². The van der Waals surface area contributed by atoms with E-state index in [1.165, 1.54) is 0 Å². The summed E-state index contributed by atoms with van der Waals surface area (Å²) in [5.41, 5.74) is 0.848. The van der Waals surface area contributed by atoms with Crippen LogP contribution in [0.4, 0.5) is 13.6 Å². The van der Waals surface area contributed by atoms with Gasteiger partial charge in [0.05, 0.1) is 25.2 Å². The van der Waals surface area contributed by atoms with Crippen LogP contribution in [0.3, 0.4) is 0 Å². The van der Waals surface area contributed by atoms with Gasteiger partial charge in [0.1, 0.15) is 0 Å². The lowest BCUT2D eigenvalue weighted by atomic mass is 10.0. The fourth-order valence-corrected chi connectivity index (χ4v) is 2.83. The van der Waals surface area contributed by atoms with Crippen LogP contribution in [0.2, 0.25) is 0 Å². The Morgan fingerprint density at radius 2 is 2.04 bits per heavy atom. The number of nitrogens with one attached hydrogen (secondary N) is 1. The molecule has 1 aromatic carbocycles. The number of urea groups is 1. The number of benzene rings is 1. The Morgan fingerprint density at radius 3 is 2.65 bits per heavy atom. The van der Waals surface area contributed by atoms with E-state index in [-0.39, 0.29) is 12.6 Å². The van der Waals surface area contributed by atoms with Gasteiger partial charge in [0.2, 0.25) is 0 Å². The second kappa shape index (κ2) is 7.70. The molecule has 0 bridgehead atoms. The van der Waals surface area contributed by atoms with Crippen LogP contribution in [-0.4, -0.2) is 52.9 Å². The average Bonchev–Trinajstić information content (AvgIpc) is 2.87. The first kappa shape index (κ1) is 17.6. The quantitative estimate of drug-likeness (QED) is 0.747. The number of aliphatic hydroxyl groups excluding tert-OH is 2. The molecule has 2 amide bonds. The van der Waals surface area contributed by atoms with Gasteiger partial charge >= 0.3 is 6.03 Å². The summed E-state index contributed by atoms with van der Waals surface area (Å²) >= 11 is 0. The zero-order chi connectivity index (χ0) is 16.9. The molecule has 7 heteroatoms. The molecular formula is C16H22F2N2O3. The summed E-state index contributed by atoms with van der Waals surface area (Å²) < 4.78 is 27.0. The molecule has 1 aliphatic rings. The van der Waals surface area contributed by atoms with Gasteiger partial charge in [0.15, 0.2) is 0 Å². The average molecular weight is 328 g/mol. The van der Waals surface area contributed by atoms with Crippen molar-refractivity contribution in [3.8, 4) is 0 Å². The zero-order valence-corrected chi connectivity index (χ0v) is 12.8. The van der Waals surface area contributed by atoms with E-state index in [2.05, 4.69) is 5.32 Å². The second-order valence-corrected chi connectivity index (χ2v) is 5.80. The summed E-state index contributed by atoms with van der Waals surface area (Å²) in [4.78, 5) is 13.4. The van der Waals surface area contributed by atoms with E-state index in [9.17, 15) is 18.7 Å². The molecule has 1 fully saturated rings. The van der Waals surface area contributed by atoms with Crippen molar-refractivity contribution in [3.05, 3.63) is 35.9 Å². The summed E-state index contributed by atoms with van der Waals surface area (Å²) in [6, 6.07) is 7.31. The number of alkyl halides is 2. The maximum atomic E-state index is 13.5. The summed E-state index contributed by atoms with van der Waals surface area (Å²) in [6.07, 6.45) is 0.462. The fourth-order valence-electron chi connectivity index (χ4n) is 2.83. The minimum atomic E-state index is -2.97. The highest BCUT2D eigenvalue weighted by Gasteiger charge is 2.46. The molecule has 1 heterocycles. The Balaban J connectivity index is 2.08. The Kier molecular flexibility index (Phi) is 5.90. The molecule has 0 radical (unpaired) electrons. The lowest BCUT2D eigenvalue weighted by Gasteiger charge is -2.26. The maximum absolute atomic E-state index is 13.5. The number of hydrogen-bond acceptors (Lipinski definition) is 3. The van der Waals surface area contributed by atoms with Crippen molar-refractivity contribution in [1.82, 2.24) is 10.2 Å². The number of aliphatic hydroxyl groups is 2. The maximum Gasteiger partial charge on any atom is 0.318 e. The standard InChI is InChI=1S/C16H22F2N2O3/c17-16(18)9-13(10-22)20(11-16)15(23)19-14(7-4-8-21)12-5-2-1-3-6-12/h1-3,5-6,13-14,21-22H,4,7-11H2,(H,19,23). The van der Waals surface area contributed by atoms with Crippen molar-refractivity contribution in [3.63, 3.8) is 0 Å². The van der Waals surface area contributed by atoms with Crippen molar-refractivity contribution >= 4 is 6.03 Å². The van der Waals surface area contributed by atoms with Crippen molar-refractivity contribution in [2.24, 2.45) is 0 Å². The van der Waals surface area contributed by atoms with Crippen molar-refractivity contribution < 1.29 is 23.8 Å². The number of nitrogens with zero attached hydrogens (tertiary/aromatic N) is 1. The van der Waals surface area contributed by atoms with E-state index in [1.807, 2.05) is 30.3 Å². The van der Waals surface area contributed by atoms with Gasteiger partial charge in [-0.15, -0.1) is 0 Å². The van der Waals surface area contributed by atoms with Crippen molar-refractivity contribution in [2.45, 2.75) is 37.3 Å². The second-order valence-electron chi connectivity index (χ2n) is 5.80. The molecule has 5 nitrogen and oxygen atoms in total. The molecule has 3 N–H and O–H groups in total. The van der Waals surface area contributed by atoms with Crippen LogP contribution in [0, 0.1) is 0 Å². The Hall–Kier alpha value is -1.73. The molecule has 1 saturated heterocycles. The summed E-state index contributed by atoms with van der Waals surface area (Å²) in [7, 11) is 0. The molecule has 128 valence electrons. The van der Waals surface area contributed by atoms with E-state index in [0.29, 0.717) is 12.8 Å². The topological polar surface area (TPSA) is 72.8 Å². The molecule has 2 atom stereocenters. The van der Waals surface area contributed by atoms with E-state index in [1.54, 1.807) is 0 Å². The number of rotatable bonds is 6. The molecule has 0 aromatic heterocycles. The minimum absolute atomic E-state index is 0.0136. The van der Waals surface area contributed by atoms with E-state index < -0.39 is 37.6 Å². The van der Waals surface area contributed by atoms with Crippen LogP contribution < -0.4 is 5.32 Å². The van der Waals surface area contributed by atoms with E-state index in [4.69, 9.17) is 5.11 Å². The monoisotopic (exact) mass is 328 g/mol. The third-order valence-electron chi connectivity index (χ3n) is 4.00. The highest BCUT2D eigenvalue weighted by Crippen LogP contribution is 2.32. The first-order chi connectivity index (χ1) is 11.0. The lowest BCUT2D eigenvalue weighted by molar-refractivity contribution is 0.0140. The van der Waals surface area contributed by atoms with Crippen LogP contribution in [0.25, 0.3) is 0 Å². The third kappa shape index (κ3) is 4.62. The number of carbonyl (C=O) groups is 1. The molecule has 2 unspecified atom stereocenters. The predicted octanol–water partition coefficient (Wildman–Crippen LogP) is 1.91. The number of halogens is 2.